The lowest BCUT2D eigenvalue weighted by molar-refractivity contribution is 0.135. The van der Waals surface area contributed by atoms with Crippen LogP contribution in [-0.2, 0) is 0 Å². The third-order valence-electron chi connectivity index (χ3n) is 11.3. The van der Waals surface area contributed by atoms with Crippen LogP contribution in [0.5, 0.6) is 0 Å². The summed E-state index contributed by atoms with van der Waals surface area (Å²) in [6, 6.07) is 0. The van der Waals surface area contributed by atoms with Gasteiger partial charge in [-0.05, 0) is 25.7 Å². The van der Waals surface area contributed by atoms with Gasteiger partial charge in [-0.2, -0.15) is 0 Å². The van der Waals surface area contributed by atoms with Crippen LogP contribution >= 0.6 is 0 Å². The summed E-state index contributed by atoms with van der Waals surface area (Å²) in [5, 5.41) is 0. The predicted octanol–water partition coefficient (Wildman–Crippen LogP) is 16.3. The Morgan fingerprint density at radius 3 is 0.729 bits per heavy atom. The van der Waals surface area contributed by atoms with E-state index >= 15 is 0 Å². The van der Waals surface area contributed by atoms with Crippen molar-refractivity contribution >= 4 is 0 Å². The number of hydrogen-bond donors (Lipinski definition) is 0. The number of nitrogens with zero attached hydrogens (tertiary/aromatic N) is 2. The Bertz CT molecular complexity index is 630. The van der Waals surface area contributed by atoms with E-state index < -0.39 is 0 Å². The Kier molecular flexibility index (Phi) is 35.5. The molecule has 0 N–H and O–H groups in total. The standard InChI is InChI=1S/C46H92N2/c1-4-7-10-13-16-18-20-22-23-24-25-26-28-30-32-35-38-41-46-47(42-39-36-33-15-12-9-6-3)44-45-48(46)43-40-37-34-31-29-27-21-19-17-14-11-8-5-2/h44-46H,4-43H2,1-3H3. The van der Waals surface area contributed by atoms with Crippen molar-refractivity contribution in [3.8, 4) is 0 Å². The summed E-state index contributed by atoms with van der Waals surface area (Å²) in [6.45, 7) is 9.49. The maximum atomic E-state index is 2.73. The minimum Gasteiger partial charge on any atom is -0.356 e. The van der Waals surface area contributed by atoms with E-state index in [1.165, 1.54) is 257 Å². The topological polar surface area (TPSA) is 6.48 Å². The predicted molar refractivity (Wildman–Crippen MR) is 219 cm³/mol. The molecule has 0 fully saturated rings. The highest BCUT2D eigenvalue weighted by Gasteiger charge is 2.24. The highest BCUT2D eigenvalue weighted by molar-refractivity contribution is 4.97. The Morgan fingerprint density at radius 2 is 0.479 bits per heavy atom. The van der Waals surface area contributed by atoms with Crippen molar-refractivity contribution in [1.29, 1.82) is 0 Å². The van der Waals surface area contributed by atoms with E-state index in [0.29, 0.717) is 6.17 Å². The highest BCUT2D eigenvalue weighted by atomic mass is 15.4. The van der Waals surface area contributed by atoms with Crippen molar-refractivity contribution in [1.82, 2.24) is 9.80 Å². The van der Waals surface area contributed by atoms with Gasteiger partial charge >= 0.3 is 0 Å². The van der Waals surface area contributed by atoms with Crippen molar-refractivity contribution in [2.45, 2.75) is 271 Å². The molecule has 0 aromatic rings. The summed E-state index contributed by atoms with van der Waals surface area (Å²) in [6.07, 6.45) is 60.4. The van der Waals surface area contributed by atoms with Gasteiger partial charge in [0.25, 0.3) is 0 Å². The van der Waals surface area contributed by atoms with Crippen molar-refractivity contribution in [2.75, 3.05) is 13.1 Å². The first-order valence-electron chi connectivity index (χ1n) is 23.0. The van der Waals surface area contributed by atoms with Gasteiger partial charge in [0.1, 0.15) is 6.17 Å². The lowest BCUT2D eigenvalue weighted by Gasteiger charge is -2.33. The van der Waals surface area contributed by atoms with Crippen LogP contribution in [0.4, 0.5) is 0 Å². The van der Waals surface area contributed by atoms with Gasteiger partial charge in [-0.1, -0.05) is 239 Å². The van der Waals surface area contributed by atoms with E-state index in [1.54, 1.807) is 0 Å². The summed E-state index contributed by atoms with van der Waals surface area (Å²) in [4.78, 5) is 5.45. The number of hydrogen-bond acceptors (Lipinski definition) is 2. The van der Waals surface area contributed by atoms with Gasteiger partial charge in [-0.15, -0.1) is 0 Å². The summed E-state index contributed by atoms with van der Waals surface area (Å²) in [5.74, 6) is 0. The molecule has 2 heteroatoms. The van der Waals surface area contributed by atoms with Gasteiger partial charge in [0.15, 0.2) is 0 Å². The molecule has 1 aliphatic rings. The van der Waals surface area contributed by atoms with Gasteiger partial charge in [-0.3, -0.25) is 0 Å². The fourth-order valence-electron chi connectivity index (χ4n) is 7.95. The first-order chi connectivity index (χ1) is 23.8. The van der Waals surface area contributed by atoms with Crippen molar-refractivity contribution in [3.05, 3.63) is 12.4 Å². The molecular weight excluding hydrogens is 581 g/mol. The highest BCUT2D eigenvalue weighted by Crippen LogP contribution is 2.24. The fraction of sp³-hybridized carbons (Fsp3) is 0.957. The van der Waals surface area contributed by atoms with Crippen molar-refractivity contribution in [2.24, 2.45) is 0 Å². The van der Waals surface area contributed by atoms with Crippen LogP contribution in [0.2, 0.25) is 0 Å². The number of rotatable bonds is 40. The van der Waals surface area contributed by atoms with Crippen LogP contribution in [0.25, 0.3) is 0 Å². The van der Waals surface area contributed by atoms with Gasteiger partial charge in [0, 0.05) is 25.5 Å². The third-order valence-corrected chi connectivity index (χ3v) is 11.3. The molecular formula is C46H92N2. The Hall–Kier alpha value is -0.660. The molecule has 0 radical (unpaired) electrons. The molecule has 0 spiro atoms. The quantitative estimate of drug-likeness (QED) is 0.0598. The third kappa shape index (κ3) is 29.1. The average Bonchev–Trinajstić information content (AvgIpc) is 3.48. The van der Waals surface area contributed by atoms with E-state index in [1.807, 2.05) is 0 Å². The van der Waals surface area contributed by atoms with Gasteiger partial charge in [0.05, 0.1) is 0 Å². The van der Waals surface area contributed by atoms with E-state index in [0.717, 1.165) is 0 Å². The summed E-state index contributed by atoms with van der Waals surface area (Å²) in [5.41, 5.74) is 0. The zero-order valence-corrected chi connectivity index (χ0v) is 33.9. The minimum atomic E-state index is 0.638. The molecule has 0 amide bonds. The smallest absolute Gasteiger partial charge is 0.101 e. The van der Waals surface area contributed by atoms with Crippen molar-refractivity contribution in [3.63, 3.8) is 0 Å². The van der Waals surface area contributed by atoms with E-state index in [-0.39, 0.29) is 0 Å². The molecule has 1 heterocycles. The van der Waals surface area contributed by atoms with E-state index in [9.17, 15) is 0 Å². The first-order valence-corrected chi connectivity index (χ1v) is 23.0. The molecule has 0 aliphatic carbocycles. The fourth-order valence-corrected chi connectivity index (χ4v) is 7.95. The maximum absolute atomic E-state index is 2.73. The minimum absolute atomic E-state index is 0.638. The van der Waals surface area contributed by atoms with Crippen LogP contribution in [0.1, 0.15) is 265 Å². The largest absolute Gasteiger partial charge is 0.356 e. The maximum Gasteiger partial charge on any atom is 0.101 e. The van der Waals surface area contributed by atoms with Gasteiger partial charge in [-0.25, -0.2) is 0 Å². The lowest BCUT2D eigenvalue weighted by Crippen LogP contribution is -2.39. The number of unbranched alkanes of at least 4 members (excludes halogenated alkanes) is 34. The molecule has 1 rings (SSSR count). The van der Waals surface area contributed by atoms with Crippen LogP contribution in [0, 0.1) is 0 Å². The van der Waals surface area contributed by atoms with Crippen LogP contribution < -0.4 is 0 Å². The second kappa shape index (κ2) is 37.6. The molecule has 1 aliphatic heterocycles. The van der Waals surface area contributed by atoms with E-state index in [2.05, 4.69) is 43.0 Å². The summed E-state index contributed by atoms with van der Waals surface area (Å²) in [7, 11) is 0. The zero-order valence-electron chi connectivity index (χ0n) is 33.9. The Morgan fingerprint density at radius 1 is 0.271 bits per heavy atom. The molecule has 0 aromatic carbocycles. The molecule has 0 saturated carbocycles. The lowest BCUT2D eigenvalue weighted by atomic mass is 10.0. The van der Waals surface area contributed by atoms with Gasteiger partial charge < -0.3 is 9.80 Å². The Labute approximate surface area is 305 Å². The van der Waals surface area contributed by atoms with Crippen LogP contribution in [-0.4, -0.2) is 29.1 Å². The molecule has 1 unspecified atom stereocenters. The molecule has 2 nitrogen and oxygen atoms in total. The molecule has 0 saturated heterocycles. The summed E-state index contributed by atoms with van der Waals surface area (Å²) >= 11 is 0. The second-order valence-corrected chi connectivity index (χ2v) is 16.1. The summed E-state index contributed by atoms with van der Waals surface area (Å²) < 4.78 is 0. The Balaban J connectivity index is 2.14. The second-order valence-electron chi connectivity index (χ2n) is 16.1. The molecule has 0 bridgehead atoms. The molecule has 48 heavy (non-hydrogen) atoms. The molecule has 286 valence electrons. The monoisotopic (exact) mass is 673 g/mol. The van der Waals surface area contributed by atoms with Gasteiger partial charge in [0.2, 0.25) is 0 Å². The SMILES string of the molecule is CCCCCCCCCCCCCCCCCCCC1N(CCCCCCCCC)C=CN1CCCCCCCCCCCCCCC. The van der Waals surface area contributed by atoms with E-state index in [4.69, 9.17) is 0 Å². The van der Waals surface area contributed by atoms with Crippen molar-refractivity contribution < 1.29 is 0 Å². The molecule has 1 atom stereocenters. The van der Waals surface area contributed by atoms with Crippen LogP contribution in [0.3, 0.4) is 0 Å². The zero-order chi connectivity index (χ0) is 34.4. The first kappa shape index (κ1) is 45.4. The average molecular weight is 673 g/mol. The normalized spacial score (nSPS) is 14.6. The molecule has 0 aromatic heterocycles. The van der Waals surface area contributed by atoms with Crippen LogP contribution in [0.15, 0.2) is 12.4 Å².